The van der Waals surface area contributed by atoms with Crippen LogP contribution in [0.25, 0.3) is 33.5 Å². The number of hydrogen-bond acceptors (Lipinski definition) is 7. The number of fused-ring (bicyclic) bond motifs is 1. The van der Waals surface area contributed by atoms with E-state index in [0.717, 1.165) is 27.8 Å². The Bertz CT molecular complexity index is 1130. The largest absolute Gasteiger partial charge is 0.493 e. The molecule has 0 aliphatic heterocycles. The zero-order valence-electron chi connectivity index (χ0n) is 15.8. The Morgan fingerprint density at radius 3 is 2.36 bits per heavy atom. The van der Waals surface area contributed by atoms with E-state index in [1.165, 1.54) is 0 Å². The summed E-state index contributed by atoms with van der Waals surface area (Å²) in [6, 6.07) is 11.9. The summed E-state index contributed by atoms with van der Waals surface area (Å²) in [4.78, 5) is 17.7. The van der Waals surface area contributed by atoms with Gasteiger partial charge in [-0.15, -0.1) is 0 Å². The van der Waals surface area contributed by atoms with Crippen LogP contribution in [0.5, 0.6) is 11.5 Å². The van der Waals surface area contributed by atoms with Crippen molar-refractivity contribution in [3.63, 3.8) is 0 Å². The van der Waals surface area contributed by atoms with Gasteiger partial charge in [-0.05, 0) is 35.4 Å². The first-order valence-corrected chi connectivity index (χ1v) is 8.72. The third kappa shape index (κ3) is 3.18. The normalized spacial score (nSPS) is 10.7. The van der Waals surface area contributed by atoms with Gasteiger partial charge in [0.15, 0.2) is 17.3 Å². The van der Waals surface area contributed by atoms with Crippen LogP contribution in [-0.2, 0) is 0 Å². The summed E-state index contributed by atoms with van der Waals surface area (Å²) in [6.45, 7) is 0. The molecule has 1 N–H and O–H groups in total. The molecule has 140 valence electrons. The second-order valence-corrected chi connectivity index (χ2v) is 6.04. The Balaban J connectivity index is 1.86. The fourth-order valence-electron chi connectivity index (χ4n) is 3.04. The highest BCUT2D eigenvalue weighted by atomic mass is 16.5. The number of benzene rings is 2. The summed E-state index contributed by atoms with van der Waals surface area (Å²) < 4.78 is 10.7. The van der Waals surface area contributed by atoms with Gasteiger partial charge < -0.3 is 14.8 Å². The molecule has 0 radical (unpaired) electrons. The number of anilines is 1. The predicted molar refractivity (Wildman–Crippen MR) is 109 cm³/mol. The van der Waals surface area contributed by atoms with Crippen molar-refractivity contribution in [3.05, 3.63) is 55.0 Å². The summed E-state index contributed by atoms with van der Waals surface area (Å²) in [5, 5.41) is 4.07. The van der Waals surface area contributed by atoms with Gasteiger partial charge in [0.25, 0.3) is 0 Å². The molecule has 0 spiro atoms. The van der Waals surface area contributed by atoms with E-state index in [1.54, 1.807) is 32.8 Å². The summed E-state index contributed by atoms with van der Waals surface area (Å²) in [7, 11) is 5.09. The molecule has 0 bridgehead atoms. The number of nitrogens with one attached hydrogen (secondary N) is 1. The van der Waals surface area contributed by atoms with Gasteiger partial charge in [-0.2, -0.15) is 0 Å². The third-order valence-electron chi connectivity index (χ3n) is 4.44. The third-order valence-corrected chi connectivity index (χ3v) is 4.44. The second kappa shape index (κ2) is 7.48. The van der Waals surface area contributed by atoms with Crippen LogP contribution in [0.1, 0.15) is 0 Å². The first-order valence-electron chi connectivity index (χ1n) is 8.72. The number of aromatic nitrogens is 4. The van der Waals surface area contributed by atoms with Crippen LogP contribution in [-0.4, -0.2) is 41.2 Å². The van der Waals surface area contributed by atoms with Gasteiger partial charge in [-0.25, -0.2) is 15.0 Å². The number of ether oxygens (including phenoxy) is 2. The van der Waals surface area contributed by atoms with Gasteiger partial charge >= 0.3 is 0 Å². The quantitative estimate of drug-likeness (QED) is 0.569. The SMILES string of the molecule is CNc1nc(-c2cnccn2)nc2cc(-c3ccc(OC)c(OC)c3)ccc12. The molecule has 0 atom stereocenters. The molecule has 0 fully saturated rings. The molecule has 4 rings (SSSR count). The lowest BCUT2D eigenvalue weighted by Crippen LogP contribution is -2.00. The van der Waals surface area contributed by atoms with Gasteiger partial charge in [-0.3, -0.25) is 4.98 Å². The lowest BCUT2D eigenvalue weighted by Gasteiger charge is -2.11. The van der Waals surface area contributed by atoms with Gasteiger partial charge in [0, 0.05) is 24.8 Å². The van der Waals surface area contributed by atoms with Gasteiger partial charge in [-0.1, -0.05) is 12.1 Å². The predicted octanol–water partition coefficient (Wildman–Crippen LogP) is 3.81. The van der Waals surface area contributed by atoms with Crippen molar-refractivity contribution in [1.82, 2.24) is 19.9 Å². The van der Waals surface area contributed by atoms with Crippen molar-refractivity contribution >= 4 is 16.7 Å². The molecule has 0 unspecified atom stereocenters. The standard InChI is InChI=1S/C21H19N5O2/c1-22-20-15-6-4-13(14-5-7-18(27-2)19(11-14)28-3)10-16(15)25-21(26-20)17-12-23-8-9-24-17/h4-12H,1-3H3,(H,22,25,26). The number of nitrogens with zero attached hydrogens (tertiary/aromatic N) is 4. The lowest BCUT2D eigenvalue weighted by molar-refractivity contribution is 0.355. The first-order chi connectivity index (χ1) is 13.7. The molecule has 0 saturated carbocycles. The van der Waals surface area contributed by atoms with Crippen LogP contribution in [0.3, 0.4) is 0 Å². The molecule has 4 aromatic rings. The van der Waals surface area contributed by atoms with Crippen molar-refractivity contribution in [2.45, 2.75) is 0 Å². The Labute approximate surface area is 162 Å². The van der Waals surface area contributed by atoms with Gasteiger partial charge in [0.05, 0.1) is 25.9 Å². The van der Waals surface area contributed by atoms with E-state index >= 15 is 0 Å². The summed E-state index contributed by atoms with van der Waals surface area (Å²) in [5.41, 5.74) is 3.45. The van der Waals surface area contributed by atoms with E-state index < -0.39 is 0 Å². The topological polar surface area (TPSA) is 82.1 Å². The molecule has 0 saturated heterocycles. The average Bonchev–Trinajstić information content (AvgIpc) is 2.77. The minimum absolute atomic E-state index is 0.523. The molecule has 0 aliphatic rings. The Morgan fingerprint density at radius 2 is 1.64 bits per heavy atom. The Morgan fingerprint density at radius 1 is 0.857 bits per heavy atom. The van der Waals surface area contributed by atoms with Crippen LogP contribution in [0.4, 0.5) is 5.82 Å². The average molecular weight is 373 g/mol. The highest BCUT2D eigenvalue weighted by molar-refractivity contribution is 5.93. The van der Waals surface area contributed by atoms with Crippen LogP contribution < -0.4 is 14.8 Å². The molecule has 28 heavy (non-hydrogen) atoms. The first kappa shape index (κ1) is 17.7. The summed E-state index contributed by atoms with van der Waals surface area (Å²) in [6.07, 6.45) is 4.90. The van der Waals surface area contributed by atoms with Crippen molar-refractivity contribution in [1.29, 1.82) is 0 Å². The molecule has 0 amide bonds. The monoisotopic (exact) mass is 373 g/mol. The van der Waals surface area contributed by atoms with Crippen molar-refractivity contribution in [2.24, 2.45) is 0 Å². The van der Waals surface area contributed by atoms with E-state index in [9.17, 15) is 0 Å². The highest BCUT2D eigenvalue weighted by Gasteiger charge is 2.12. The molecule has 7 nitrogen and oxygen atoms in total. The zero-order chi connectivity index (χ0) is 19.5. The zero-order valence-corrected chi connectivity index (χ0v) is 15.8. The van der Waals surface area contributed by atoms with Crippen molar-refractivity contribution in [3.8, 4) is 34.1 Å². The molecule has 2 heterocycles. The number of hydrogen-bond donors (Lipinski definition) is 1. The Kier molecular flexibility index (Phi) is 4.72. The molecule has 7 heteroatoms. The molecule has 2 aromatic heterocycles. The highest BCUT2D eigenvalue weighted by Crippen LogP contribution is 2.34. The summed E-state index contributed by atoms with van der Waals surface area (Å²) >= 11 is 0. The second-order valence-electron chi connectivity index (χ2n) is 6.04. The lowest BCUT2D eigenvalue weighted by atomic mass is 10.0. The van der Waals surface area contributed by atoms with E-state index in [-0.39, 0.29) is 0 Å². The van der Waals surface area contributed by atoms with Gasteiger partial charge in [0.1, 0.15) is 11.5 Å². The molecule has 0 aliphatic carbocycles. The number of methoxy groups -OCH3 is 2. The van der Waals surface area contributed by atoms with E-state index in [0.29, 0.717) is 23.0 Å². The molecular weight excluding hydrogens is 354 g/mol. The van der Waals surface area contributed by atoms with E-state index in [2.05, 4.69) is 20.3 Å². The number of rotatable bonds is 5. The maximum Gasteiger partial charge on any atom is 0.182 e. The Hall–Kier alpha value is -3.74. The molecule has 2 aromatic carbocycles. The van der Waals surface area contributed by atoms with E-state index in [1.807, 2.05) is 43.4 Å². The minimum atomic E-state index is 0.523. The smallest absolute Gasteiger partial charge is 0.182 e. The van der Waals surface area contributed by atoms with Crippen molar-refractivity contribution in [2.75, 3.05) is 26.6 Å². The van der Waals surface area contributed by atoms with Crippen LogP contribution >= 0.6 is 0 Å². The fraction of sp³-hybridized carbons (Fsp3) is 0.143. The van der Waals surface area contributed by atoms with Crippen LogP contribution in [0, 0.1) is 0 Å². The van der Waals surface area contributed by atoms with Crippen LogP contribution in [0.2, 0.25) is 0 Å². The fourth-order valence-corrected chi connectivity index (χ4v) is 3.04. The van der Waals surface area contributed by atoms with E-state index in [4.69, 9.17) is 14.5 Å². The maximum atomic E-state index is 5.42. The van der Waals surface area contributed by atoms with Gasteiger partial charge in [0.2, 0.25) is 0 Å². The van der Waals surface area contributed by atoms with Crippen LogP contribution in [0.15, 0.2) is 55.0 Å². The maximum absolute atomic E-state index is 5.42. The minimum Gasteiger partial charge on any atom is -0.493 e. The molecular formula is C21H19N5O2. The summed E-state index contributed by atoms with van der Waals surface area (Å²) in [5.74, 6) is 2.63. The van der Waals surface area contributed by atoms with Crippen molar-refractivity contribution < 1.29 is 9.47 Å².